The first-order chi connectivity index (χ1) is 3.93. The van der Waals surface area contributed by atoms with Gasteiger partial charge >= 0.3 is 0 Å². The van der Waals surface area contributed by atoms with E-state index in [0.29, 0.717) is 0 Å². The monoisotopic (exact) mass is 108 g/mol. The molecule has 0 fully saturated rings. The fraction of sp³-hybridized carbons (Fsp3) is 0.200. The van der Waals surface area contributed by atoms with E-state index in [1.54, 1.807) is 13.2 Å². The molecule has 0 aliphatic heterocycles. The summed E-state index contributed by atoms with van der Waals surface area (Å²) in [5.41, 5.74) is 0. The summed E-state index contributed by atoms with van der Waals surface area (Å²) in [5, 5.41) is 2.82. The molecule has 0 amide bonds. The minimum absolute atomic E-state index is 0.722. The third-order valence-corrected chi connectivity index (χ3v) is 0.766. The quantitative estimate of drug-likeness (QED) is 0.563. The van der Waals surface area contributed by atoms with E-state index in [1.165, 1.54) is 6.33 Å². The fourth-order valence-corrected chi connectivity index (χ4v) is 0.397. The Morgan fingerprint density at radius 3 is 3.00 bits per heavy atom. The number of nitrogens with one attached hydrogen (secondary N) is 1. The molecule has 3 nitrogen and oxygen atoms in total. The lowest BCUT2D eigenvalue weighted by molar-refractivity contribution is 1.15. The van der Waals surface area contributed by atoms with Crippen LogP contribution in [0.25, 0.3) is 0 Å². The van der Waals surface area contributed by atoms with Gasteiger partial charge in [-0.25, -0.2) is 9.97 Å². The van der Waals surface area contributed by atoms with Crippen LogP contribution in [0.4, 0.5) is 5.82 Å². The van der Waals surface area contributed by atoms with Gasteiger partial charge in [-0.1, -0.05) is 0 Å². The largest absolute Gasteiger partial charge is 0.373 e. The minimum atomic E-state index is 0.722. The Kier molecular flexibility index (Phi) is 1.42. The SMILES string of the molecule is CNc1[c]cncn1. The summed E-state index contributed by atoms with van der Waals surface area (Å²) in [6, 6.07) is 2.78. The molecule has 1 rings (SSSR count). The highest BCUT2D eigenvalue weighted by molar-refractivity contribution is 5.28. The molecule has 1 N–H and O–H groups in total. The van der Waals surface area contributed by atoms with Gasteiger partial charge in [-0.2, -0.15) is 0 Å². The Hall–Kier alpha value is -1.12. The number of aromatic nitrogens is 2. The Morgan fingerprint density at radius 1 is 1.75 bits per heavy atom. The summed E-state index contributed by atoms with van der Waals surface area (Å²) in [6.45, 7) is 0. The van der Waals surface area contributed by atoms with Crippen LogP contribution in [0.5, 0.6) is 0 Å². The molecule has 0 atom stereocenters. The van der Waals surface area contributed by atoms with E-state index < -0.39 is 0 Å². The van der Waals surface area contributed by atoms with Gasteiger partial charge in [0.1, 0.15) is 12.1 Å². The maximum Gasteiger partial charge on any atom is 0.137 e. The topological polar surface area (TPSA) is 37.8 Å². The summed E-state index contributed by atoms with van der Waals surface area (Å²) in [4.78, 5) is 7.51. The Labute approximate surface area is 47.8 Å². The van der Waals surface area contributed by atoms with Crippen LogP contribution in [0, 0.1) is 6.07 Å². The molecule has 0 bridgehead atoms. The van der Waals surface area contributed by atoms with Crippen LogP contribution in [0.15, 0.2) is 12.5 Å². The highest BCUT2D eigenvalue weighted by Gasteiger charge is 1.81. The molecular formula is C5H6N3. The zero-order chi connectivity index (χ0) is 5.82. The van der Waals surface area contributed by atoms with Crippen LogP contribution in [-0.4, -0.2) is 17.0 Å². The van der Waals surface area contributed by atoms with Crippen LogP contribution in [0.3, 0.4) is 0 Å². The second-order valence-corrected chi connectivity index (χ2v) is 1.27. The molecule has 1 radical (unpaired) electrons. The zero-order valence-electron chi connectivity index (χ0n) is 4.55. The Balaban J connectivity index is 2.83. The number of anilines is 1. The van der Waals surface area contributed by atoms with Crippen molar-refractivity contribution in [3.8, 4) is 0 Å². The number of nitrogens with zero attached hydrogens (tertiary/aromatic N) is 2. The van der Waals surface area contributed by atoms with Crippen molar-refractivity contribution >= 4 is 5.82 Å². The zero-order valence-corrected chi connectivity index (χ0v) is 4.55. The molecule has 0 aromatic carbocycles. The van der Waals surface area contributed by atoms with Crippen LogP contribution >= 0.6 is 0 Å². The molecule has 0 saturated heterocycles. The van der Waals surface area contributed by atoms with E-state index in [-0.39, 0.29) is 0 Å². The van der Waals surface area contributed by atoms with Gasteiger partial charge in [0, 0.05) is 19.3 Å². The molecule has 1 aromatic rings. The van der Waals surface area contributed by atoms with Crippen molar-refractivity contribution in [2.75, 3.05) is 12.4 Å². The molecule has 41 valence electrons. The molecule has 0 unspecified atom stereocenters. The predicted molar refractivity (Wildman–Crippen MR) is 30.4 cm³/mol. The average molecular weight is 108 g/mol. The van der Waals surface area contributed by atoms with Crippen molar-refractivity contribution in [1.82, 2.24) is 9.97 Å². The molecule has 0 saturated carbocycles. The normalized spacial score (nSPS) is 8.62. The Morgan fingerprint density at radius 2 is 2.62 bits per heavy atom. The van der Waals surface area contributed by atoms with Crippen molar-refractivity contribution < 1.29 is 0 Å². The van der Waals surface area contributed by atoms with Gasteiger partial charge < -0.3 is 5.32 Å². The first kappa shape index (κ1) is 5.03. The van der Waals surface area contributed by atoms with Crippen molar-refractivity contribution in [2.45, 2.75) is 0 Å². The van der Waals surface area contributed by atoms with E-state index in [1.807, 2.05) is 0 Å². The minimum Gasteiger partial charge on any atom is -0.373 e. The number of rotatable bonds is 1. The van der Waals surface area contributed by atoms with Gasteiger partial charge in [-0.3, -0.25) is 0 Å². The highest BCUT2D eigenvalue weighted by Crippen LogP contribution is 1.91. The van der Waals surface area contributed by atoms with Crippen LogP contribution in [0.2, 0.25) is 0 Å². The number of hydrogen-bond donors (Lipinski definition) is 1. The van der Waals surface area contributed by atoms with E-state index in [4.69, 9.17) is 0 Å². The summed E-state index contributed by atoms with van der Waals surface area (Å²) in [5.74, 6) is 0.722. The summed E-state index contributed by atoms with van der Waals surface area (Å²) in [7, 11) is 1.79. The molecule has 0 aliphatic carbocycles. The van der Waals surface area contributed by atoms with E-state index in [9.17, 15) is 0 Å². The molecule has 0 spiro atoms. The lowest BCUT2D eigenvalue weighted by atomic mass is 10.6. The summed E-state index contributed by atoms with van der Waals surface area (Å²) in [6.07, 6.45) is 3.04. The van der Waals surface area contributed by atoms with Gasteiger partial charge in [0.2, 0.25) is 0 Å². The van der Waals surface area contributed by atoms with Crippen LogP contribution < -0.4 is 5.32 Å². The maximum atomic E-state index is 3.82. The Bertz CT molecular complexity index is 149. The predicted octanol–water partition coefficient (Wildman–Crippen LogP) is 0.318. The highest BCUT2D eigenvalue weighted by atomic mass is 15.0. The lowest BCUT2D eigenvalue weighted by Crippen LogP contribution is -1.90. The van der Waals surface area contributed by atoms with Crippen LogP contribution in [0.1, 0.15) is 0 Å². The molecule has 3 heteroatoms. The number of hydrogen-bond acceptors (Lipinski definition) is 3. The van der Waals surface area contributed by atoms with Gasteiger partial charge in [0.05, 0.1) is 0 Å². The lowest BCUT2D eigenvalue weighted by Gasteiger charge is -1.91. The third-order valence-electron chi connectivity index (χ3n) is 0.766. The van der Waals surface area contributed by atoms with Gasteiger partial charge in [0.15, 0.2) is 0 Å². The fourth-order valence-electron chi connectivity index (χ4n) is 0.397. The second kappa shape index (κ2) is 2.26. The van der Waals surface area contributed by atoms with Crippen molar-refractivity contribution in [1.29, 1.82) is 0 Å². The van der Waals surface area contributed by atoms with Gasteiger partial charge in [-0.15, -0.1) is 0 Å². The van der Waals surface area contributed by atoms with Crippen molar-refractivity contribution in [3.63, 3.8) is 0 Å². The first-order valence-electron chi connectivity index (χ1n) is 2.29. The molecule has 1 aromatic heterocycles. The van der Waals surface area contributed by atoms with Crippen molar-refractivity contribution in [2.24, 2.45) is 0 Å². The average Bonchev–Trinajstić information content (AvgIpc) is 1.90. The first-order valence-corrected chi connectivity index (χ1v) is 2.29. The third kappa shape index (κ3) is 0.932. The van der Waals surface area contributed by atoms with E-state index in [2.05, 4.69) is 21.4 Å². The summed E-state index contributed by atoms with van der Waals surface area (Å²) < 4.78 is 0. The molecule has 8 heavy (non-hydrogen) atoms. The molecule has 1 heterocycles. The van der Waals surface area contributed by atoms with Crippen molar-refractivity contribution in [3.05, 3.63) is 18.6 Å². The van der Waals surface area contributed by atoms with E-state index in [0.717, 1.165) is 5.82 Å². The second-order valence-electron chi connectivity index (χ2n) is 1.27. The maximum absolute atomic E-state index is 3.82. The standard InChI is InChI=1S/C5H6N3/c1-6-5-2-3-7-4-8-5/h3-4H,1H3,(H,6,7,8). The van der Waals surface area contributed by atoms with E-state index >= 15 is 0 Å². The van der Waals surface area contributed by atoms with Gasteiger partial charge in [0.25, 0.3) is 0 Å². The van der Waals surface area contributed by atoms with Gasteiger partial charge in [-0.05, 0) is 0 Å². The molecule has 0 aliphatic rings. The summed E-state index contributed by atoms with van der Waals surface area (Å²) >= 11 is 0. The molecular weight excluding hydrogens is 102 g/mol. The van der Waals surface area contributed by atoms with Crippen LogP contribution in [-0.2, 0) is 0 Å². The smallest absolute Gasteiger partial charge is 0.137 e.